The van der Waals surface area contributed by atoms with Gasteiger partial charge < -0.3 is 40.7 Å². The third-order valence-corrected chi connectivity index (χ3v) is 4.29. The molecule has 9 nitrogen and oxygen atoms in total. The number of hydrogen-bond acceptors (Lipinski definition) is 8. The zero-order valence-electron chi connectivity index (χ0n) is 11.8. The van der Waals surface area contributed by atoms with Gasteiger partial charge in [-0.05, 0) is 6.08 Å². The molecule has 2 heterocycles. The molecule has 0 saturated heterocycles. The Morgan fingerprint density at radius 3 is 2.50 bits per heavy atom. The van der Waals surface area contributed by atoms with Crippen LogP contribution in [0.15, 0.2) is 35.5 Å². The Hall–Kier alpha value is -3.33. The second-order valence-electron chi connectivity index (χ2n) is 5.57. The molecule has 1 amide bonds. The summed E-state index contributed by atoms with van der Waals surface area (Å²) in [6, 6.07) is 0. The number of anilines is 1. The number of phenols is 3. The summed E-state index contributed by atoms with van der Waals surface area (Å²) in [5.74, 6) is -6.01. The van der Waals surface area contributed by atoms with Gasteiger partial charge in [0.15, 0.2) is 17.3 Å². The summed E-state index contributed by atoms with van der Waals surface area (Å²) in [6.45, 7) is 0. The summed E-state index contributed by atoms with van der Waals surface area (Å²) in [6.07, 6.45) is 2.65. The van der Waals surface area contributed by atoms with Crippen molar-refractivity contribution in [3.05, 3.63) is 41.1 Å². The maximum absolute atomic E-state index is 12.0. The van der Waals surface area contributed by atoms with E-state index in [4.69, 9.17) is 4.74 Å². The average molecular weight is 333 g/mol. The number of nitrogens with one attached hydrogen (secondary N) is 1. The molecule has 7 N–H and O–H groups in total. The smallest absolute Gasteiger partial charge is 0.294 e. The standard InChI is InChI=1S/C15H11NO8/c17-4-1-2-15-5(3-4)24-12-6(15)7(8(18)9(19)10(12)20)16-14(23)11(21)13(15)22/h1-4,17-22H,(H,16,23). The van der Waals surface area contributed by atoms with E-state index in [2.05, 4.69) is 5.32 Å². The van der Waals surface area contributed by atoms with Crippen molar-refractivity contribution in [3.63, 3.8) is 0 Å². The van der Waals surface area contributed by atoms with Crippen LogP contribution in [0.25, 0.3) is 0 Å². The van der Waals surface area contributed by atoms with Crippen LogP contribution in [0.3, 0.4) is 0 Å². The maximum Gasteiger partial charge on any atom is 0.294 e. The van der Waals surface area contributed by atoms with E-state index in [1.807, 2.05) is 0 Å². The van der Waals surface area contributed by atoms with Crippen molar-refractivity contribution >= 4 is 11.6 Å². The van der Waals surface area contributed by atoms with Gasteiger partial charge in [0.1, 0.15) is 11.2 Å². The predicted molar refractivity (Wildman–Crippen MR) is 77.9 cm³/mol. The Morgan fingerprint density at radius 2 is 1.79 bits per heavy atom. The molecule has 124 valence electrons. The fourth-order valence-electron chi connectivity index (χ4n) is 3.16. The number of carbonyl (C=O) groups excluding carboxylic acids is 1. The Balaban J connectivity index is 2.20. The molecule has 9 heteroatoms. The lowest BCUT2D eigenvalue weighted by atomic mass is 9.74. The number of aliphatic hydroxyl groups is 3. The van der Waals surface area contributed by atoms with Crippen LogP contribution in [0.5, 0.6) is 23.0 Å². The zero-order chi connectivity index (χ0) is 17.4. The van der Waals surface area contributed by atoms with Gasteiger partial charge in [0.2, 0.25) is 17.3 Å². The predicted octanol–water partition coefficient (Wildman–Crippen LogP) is 0.528. The molecule has 1 aliphatic carbocycles. The molecule has 24 heavy (non-hydrogen) atoms. The van der Waals surface area contributed by atoms with Crippen molar-refractivity contribution < 1.29 is 40.2 Å². The highest BCUT2D eigenvalue weighted by Crippen LogP contribution is 2.63. The summed E-state index contributed by atoms with van der Waals surface area (Å²) in [5.41, 5.74) is -2.17. The minimum absolute atomic E-state index is 0.0837. The fraction of sp³-hybridized carbons (Fsp3) is 0.133. The van der Waals surface area contributed by atoms with Gasteiger partial charge >= 0.3 is 0 Å². The van der Waals surface area contributed by atoms with Crippen molar-refractivity contribution in [2.45, 2.75) is 11.5 Å². The Kier molecular flexibility index (Phi) is 2.47. The molecule has 2 unspecified atom stereocenters. The highest BCUT2D eigenvalue weighted by Gasteiger charge is 2.56. The maximum atomic E-state index is 12.0. The monoisotopic (exact) mass is 333 g/mol. The van der Waals surface area contributed by atoms with Crippen LogP contribution < -0.4 is 10.1 Å². The van der Waals surface area contributed by atoms with Crippen molar-refractivity contribution in [2.75, 3.05) is 5.32 Å². The van der Waals surface area contributed by atoms with Crippen molar-refractivity contribution in [1.82, 2.24) is 0 Å². The van der Waals surface area contributed by atoms with Crippen LogP contribution in [-0.4, -0.2) is 42.7 Å². The molecule has 0 saturated carbocycles. The van der Waals surface area contributed by atoms with E-state index in [-0.39, 0.29) is 22.8 Å². The molecule has 0 fully saturated rings. The Bertz CT molecular complexity index is 913. The summed E-state index contributed by atoms with van der Waals surface area (Å²) < 4.78 is 5.44. The molecular formula is C15H11NO8. The van der Waals surface area contributed by atoms with E-state index in [9.17, 15) is 35.4 Å². The van der Waals surface area contributed by atoms with Gasteiger partial charge in [-0.3, -0.25) is 4.79 Å². The second-order valence-corrected chi connectivity index (χ2v) is 5.57. The van der Waals surface area contributed by atoms with E-state index < -0.39 is 46.2 Å². The first kappa shape index (κ1) is 14.3. The van der Waals surface area contributed by atoms with Gasteiger partial charge in [-0.2, -0.15) is 0 Å². The normalized spacial score (nSPS) is 27.0. The molecule has 0 bridgehead atoms. The molecule has 2 atom stereocenters. The van der Waals surface area contributed by atoms with E-state index in [0.29, 0.717) is 0 Å². The van der Waals surface area contributed by atoms with Crippen LogP contribution in [0.4, 0.5) is 5.69 Å². The quantitative estimate of drug-likeness (QED) is 0.206. The molecule has 1 aromatic rings. The lowest BCUT2D eigenvalue weighted by molar-refractivity contribution is -0.115. The first-order chi connectivity index (χ1) is 11.3. The first-order valence-corrected chi connectivity index (χ1v) is 6.82. The third kappa shape index (κ3) is 1.39. The number of ether oxygens (including phenoxy) is 1. The van der Waals surface area contributed by atoms with Crippen LogP contribution in [-0.2, 0) is 10.2 Å². The summed E-state index contributed by atoms with van der Waals surface area (Å²) in [4.78, 5) is 12.0. The van der Waals surface area contributed by atoms with Crippen LogP contribution in [0.1, 0.15) is 5.56 Å². The highest BCUT2D eigenvalue weighted by atomic mass is 16.5. The summed E-state index contributed by atoms with van der Waals surface area (Å²) in [5, 5.41) is 62.3. The number of phenolic OH excluding ortho intramolecular Hbond substituents is 3. The van der Waals surface area contributed by atoms with Gasteiger partial charge in [0, 0.05) is 0 Å². The minimum Gasteiger partial charge on any atom is -0.507 e. The minimum atomic E-state index is -1.74. The molecule has 1 aromatic carbocycles. The van der Waals surface area contributed by atoms with E-state index in [1.165, 1.54) is 18.2 Å². The first-order valence-electron chi connectivity index (χ1n) is 6.82. The van der Waals surface area contributed by atoms with Gasteiger partial charge in [0.25, 0.3) is 5.91 Å². The number of hydrogen-bond donors (Lipinski definition) is 7. The SMILES string of the molecule is O=C1Nc2c(O)c(O)c(O)c3c2C2(C=CC(O)C=C2O3)C(O)=C1O. The van der Waals surface area contributed by atoms with Crippen LogP contribution in [0, 0.1) is 0 Å². The molecular weight excluding hydrogens is 322 g/mol. The Labute approximate surface area is 133 Å². The van der Waals surface area contributed by atoms with Gasteiger partial charge in [0.05, 0.1) is 17.4 Å². The number of aliphatic hydroxyl groups excluding tert-OH is 3. The average Bonchev–Trinajstić information content (AvgIpc) is 2.86. The molecule has 0 aromatic heterocycles. The summed E-state index contributed by atoms with van der Waals surface area (Å²) >= 11 is 0. The number of benzene rings is 1. The van der Waals surface area contributed by atoms with Gasteiger partial charge in [-0.25, -0.2) is 0 Å². The van der Waals surface area contributed by atoms with Crippen molar-refractivity contribution in [1.29, 1.82) is 0 Å². The number of carbonyl (C=O) groups is 1. The van der Waals surface area contributed by atoms with Crippen molar-refractivity contribution in [2.24, 2.45) is 0 Å². The Morgan fingerprint density at radius 1 is 1.08 bits per heavy atom. The largest absolute Gasteiger partial charge is 0.507 e. The highest BCUT2D eigenvalue weighted by molar-refractivity contribution is 6.07. The van der Waals surface area contributed by atoms with Crippen LogP contribution in [0.2, 0.25) is 0 Å². The lowest BCUT2D eigenvalue weighted by Crippen LogP contribution is -2.31. The van der Waals surface area contributed by atoms with E-state index in [0.717, 1.165) is 0 Å². The molecule has 4 rings (SSSR count). The zero-order valence-corrected chi connectivity index (χ0v) is 11.8. The van der Waals surface area contributed by atoms with Crippen molar-refractivity contribution in [3.8, 4) is 23.0 Å². The lowest BCUT2D eigenvalue weighted by Gasteiger charge is -2.28. The molecule has 3 aliphatic rings. The topological polar surface area (TPSA) is 160 Å². The number of amides is 1. The summed E-state index contributed by atoms with van der Waals surface area (Å²) in [7, 11) is 0. The second kappa shape index (κ2) is 4.15. The van der Waals surface area contributed by atoms with Gasteiger partial charge in [-0.1, -0.05) is 12.2 Å². The van der Waals surface area contributed by atoms with Gasteiger partial charge in [-0.15, -0.1) is 0 Å². The van der Waals surface area contributed by atoms with E-state index in [1.54, 1.807) is 0 Å². The number of rotatable bonds is 0. The molecule has 2 aliphatic heterocycles. The molecule has 0 radical (unpaired) electrons. The van der Waals surface area contributed by atoms with Crippen LogP contribution >= 0.6 is 0 Å². The molecule has 1 spiro atoms. The van der Waals surface area contributed by atoms with E-state index >= 15 is 0 Å². The fourth-order valence-corrected chi connectivity index (χ4v) is 3.16. The third-order valence-electron chi connectivity index (χ3n) is 4.29. The number of aromatic hydroxyl groups is 3.